The molecule has 30 heavy (non-hydrogen) atoms. The summed E-state index contributed by atoms with van der Waals surface area (Å²) in [5.41, 5.74) is 1.51. The van der Waals surface area contributed by atoms with Gasteiger partial charge >= 0.3 is 5.97 Å². The van der Waals surface area contributed by atoms with Gasteiger partial charge in [0.25, 0.3) is 0 Å². The molecule has 2 N–H and O–H groups in total. The Labute approximate surface area is 175 Å². The van der Waals surface area contributed by atoms with Crippen molar-refractivity contribution in [2.45, 2.75) is 51.4 Å². The van der Waals surface area contributed by atoms with Gasteiger partial charge in [0.2, 0.25) is 11.8 Å². The van der Waals surface area contributed by atoms with E-state index in [9.17, 15) is 19.5 Å². The molecule has 0 radical (unpaired) electrons. The van der Waals surface area contributed by atoms with Crippen molar-refractivity contribution in [3.8, 4) is 0 Å². The van der Waals surface area contributed by atoms with Gasteiger partial charge in [-0.15, -0.1) is 0 Å². The third-order valence-corrected chi connectivity index (χ3v) is 6.60. The number of hydrogen-bond acceptors (Lipinski definition) is 6. The first kappa shape index (κ1) is 20.8. The zero-order chi connectivity index (χ0) is 21.6. The van der Waals surface area contributed by atoms with Gasteiger partial charge in [-0.05, 0) is 50.8 Å². The predicted molar refractivity (Wildman–Crippen MR) is 108 cm³/mol. The fourth-order valence-electron chi connectivity index (χ4n) is 5.38. The number of aryl methyl sites for hydroxylation is 2. The number of carbonyl (C=O) groups excluding carboxylic acids is 3. The Balaban J connectivity index is 1.69. The SMILES string of the molecule is CCOC(=O)[C@@H]1[C@@H]2CC[C@]3(O2)[C@H](C(=O)Nc2cc(C)ccc2C)N(CCO)C(=O)[C@@H]13. The number of aliphatic hydroxyl groups is 1. The molecule has 8 heteroatoms. The van der Waals surface area contributed by atoms with Crippen LogP contribution in [0.2, 0.25) is 0 Å². The zero-order valence-corrected chi connectivity index (χ0v) is 17.5. The number of ether oxygens (including phenoxy) is 2. The lowest BCUT2D eigenvalue weighted by Crippen LogP contribution is -2.53. The first-order chi connectivity index (χ1) is 14.3. The lowest BCUT2D eigenvalue weighted by Gasteiger charge is -2.33. The maximum absolute atomic E-state index is 13.5. The molecule has 3 aliphatic rings. The van der Waals surface area contributed by atoms with Crippen LogP contribution in [-0.2, 0) is 23.9 Å². The largest absolute Gasteiger partial charge is 0.466 e. The number of fused-ring (bicyclic) bond motifs is 1. The molecule has 1 spiro atoms. The number of likely N-dealkylation sites (tertiary alicyclic amines) is 1. The van der Waals surface area contributed by atoms with E-state index in [1.807, 2.05) is 32.0 Å². The number of nitrogens with zero attached hydrogens (tertiary/aromatic N) is 1. The molecule has 0 unspecified atom stereocenters. The van der Waals surface area contributed by atoms with Crippen molar-refractivity contribution in [3.63, 3.8) is 0 Å². The van der Waals surface area contributed by atoms with E-state index in [0.29, 0.717) is 18.5 Å². The highest BCUT2D eigenvalue weighted by molar-refractivity contribution is 6.03. The molecule has 162 valence electrons. The molecule has 1 aromatic rings. The molecular weight excluding hydrogens is 388 g/mol. The number of aliphatic hydroxyl groups excluding tert-OH is 1. The maximum atomic E-state index is 13.5. The monoisotopic (exact) mass is 416 g/mol. The number of carbonyl (C=O) groups is 3. The molecule has 2 amide bonds. The normalized spacial score (nSPS) is 31.7. The summed E-state index contributed by atoms with van der Waals surface area (Å²) in [4.78, 5) is 40.8. The number of rotatable bonds is 6. The molecule has 3 saturated heterocycles. The van der Waals surface area contributed by atoms with Crippen LogP contribution in [-0.4, -0.2) is 65.3 Å². The molecule has 0 aliphatic carbocycles. The summed E-state index contributed by atoms with van der Waals surface area (Å²) in [6, 6.07) is 4.85. The van der Waals surface area contributed by atoms with Gasteiger partial charge in [0.05, 0.1) is 31.2 Å². The summed E-state index contributed by atoms with van der Waals surface area (Å²) in [5, 5.41) is 12.5. The minimum absolute atomic E-state index is 0.00550. The molecule has 1 aromatic carbocycles. The average Bonchev–Trinajstić information content (AvgIpc) is 3.33. The van der Waals surface area contributed by atoms with E-state index in [4.69, 9.17) is 9.47 Å². The summed E-state index contributed by atoms with van der Waals surface area (Å²) in [6.07, 6.45) is 0.676. The van der Waals surface area contributed by atoms with Crippen molar-refractivity contribution in [2.75, 3.05) is 25.1 Å². The Hall–Kier alpha value is -2.45. The van der Waals surface area contributed by atoms with Crippen LogP contribution in [0.15, 0.2) is 18.2 Å². The van der Waals surface area contributed by atoms with Crippen molar-refractivity contribution in [1.82, 2.24) is 4.90 Å². The van der Waals surface area contributed by atoms with E-state index in [1.54, 1.807) is 6.92 Å². The van der Waals surface area contributed by atoms with E-state index >= 15 is 0 Å². The summed E-state index contributed by atoms with van der Waals surface area (Å²) in [5.74, 6) is -2.63. The summed E-state index contributed by atoms with van der Waals surface area (Å²) in [6.45, 7) is 5.49. The van der Waals surface area contributed by atoms with Crippen molar-refractivity contribution in [2.24, 2.45) is 11.8 Å². The summed E-state index contributed by atoms with van der Waals surface area (Å²) < 4.78 is 11.4. The van der Waals surface area contributed by atoms with Crippen LogP contribution in [0.4, 0.5) is 5.69 Å². The quantitative estimate of drug-likeness (QED) is 0.675. The minimum Gasteiger partial charge on any atom is -0.466 e. The molecule has 8 nitrogen and oxygen atoms in total. The molecule has 2 bridgehead atoms. The van der Waals surface area contributed by atoms with Crippen LogP contribution < -0.4 is 5.32 Å². The van der Waals surface area contributed by atoms with E-state index in [1.165, 1.54) is 4.90 Å². The number of nitrogens with one attached hydrogen (secondary N) is 1. The fraction of sp³-hybridized carbons (Fsp3) is 0.591. The number of anilines is 1. The van der Waals surface area contributed by atoms with Gasteiger partial charge in [-0.1, -0.05) is 12.1 Å². The molecule has 3 aliphatic heterocycles. The van der Waals surface area contributed by atoms with E-state index in [0.717, 1.165) is 11.1 Å². The van der Waals surface area contributed by atoms with Crippen molar-refractivity contribution in [1.29, 1.82) is 0 Å². The number of benzene rings is 1. The van der Waals surface area contributed by atoms with E-state index in [-0.39, 0.29) is 31.6 Å². The van der Waals surface area contributed by atoms with Crippen molar-refractivity contribution < 1.29 is 29.0 Å². The topological polar surface area (TPSA) is 105 Å². The number of β-amino-alcohol motifs (C(OH)–C–C–N with tert-alkyl or cyclic N) is 1. The Bertz CT molecular complexity index is 886. The van der Waals surface area contributed by atoms with Gasteiger partial charge in [-0.3, -0.25) is 14.4 Å². The fourth-order valence-corrected chi connectivity index (χ4v) is 5.38. The van der Waals surface area contributed by atoms with Gasteiger partial charge in [-0.2, -0.15) is 0 Å². The standard InChI is InChI=1S/C22H28N2O6/c1-4-29-21(28)16-15-7-8-22(30-15)17(16)20(27)24(9-10-25)18(22)19(26)23-14-11-12(2)5-6-13(14)3/h5-6,11,15-18,25H,4,7-10H2,1-3H3,(H,23,26)/t15-,16+,17+,18-,22+/m0/s1. The van der Waals surface area contributed by atoms with Gasteiger partial charge in [0.15, 0.2) is 0 Å². The Morgan fingerprint density at radius 3 is 2.83 bits per heavy atom. The lowest BCUT2D eigenvalue weighted by atomic mass is 9.70. The summed E-state index contributed by atoms with van der Waals surface area (Å²) in [7, 11) is 0. The molecule has 3 fully saturated rings. The van der Waals surface area contributed by atoms with Crippen LogP contribution in [0.25, 0.3) is 0 Å². The van der Waals surface area contributed by atoms with Crippen LogP contribution in [0.3, 0.4) is 0 Å². The molecule has 3 heterocycles. The van der Waals surface area contributed by atoms with Gasteiger partial charge in [0, 0.05) is 12.2 Å². The second-order valence-corrected chi connectivity index (χ2v) is 8.37. The Morgan fingerprint density at radius 2 is 2.13 bits per heavy atom. The highest BCUT2D eigenvalue weighted by Gasteiger charge is 2.74. The highest BCUT2D eigenvalue weighted by atomic mass is 16.6. The third-order valence-electron chi connectivity index (χ3n) is 6.60. The van der Waals surface area contributed by atoms with E-state index in [2.05, 4.69) is 5.32 Å². The Morgan fingerprint density at radius 1 is 1.37 bits per heavy atom. The second-order valence-electron chi connectivity index (χ2n) is 8.37. The maximum Gasteiger partial charge on any atom is 0.312 e. The average molecular weight is 416 g/mol. The molecule has 0 saturated carbocycles. The number of esters is 1. The van der Waals surface area contributed by atoms with Gasteiger partial charge < -0.3 is 24.8 Å². The third kappa shape index (κ3) is 3.01. The second kappa shape index (κ2) is 7.67. The number of hydrogen-bond donors (Lipinski definition) is 2. The van der Waals surface area contributed by atoms with Crippen LogP contribution in [0.1, 0.15) is 30.9 Å². The predicted octanol–water partition coefficient (Wildman–Crippen LogP) is 1.17. The molecule has 0 aromatic heterocycles. The van der Waals surface area contributed by atoms with Crippen LogP contribution in [0, 0.1) is 25.7 Å². The first-order valence-electron chi connectivity index (χ1n) is 10.5. The lowest BCUT2D eigenvalue weighted by molar-refractivity contribution is -0.154. The van der Waals surface area contributed by atoms with Gasteiger partial charge in [0.1, 0.15) is 11.6 Å². The van der Waals surface area contributed by atoms with Crippen molar-refractivity contribution >= 4 is 23.5 Å². The summed E-state index contributed by atoms with van der Waals surface area (Å²) >= 11 is 0. The Kier molecular flexibility index (Phi) is 5.32. The first-order valence-corrected chi connectivity index (χ1v) is 10.5. The highest BCUT2D eigenvalue weighted by Crippen LogP contribution is 2.58. The molecule has 5 atom stereocenters. The minimum atomic E-state index is -1.07. The van der Waals surface area contributed by atoms with E-state index < -0.39 is 35.6 Å². The van der Waals surface area contributed by atoms with Crippen molar-refractivity contribution in [3.05, 3.63) is 29.3 Å². The van der Waals surface area contributed by atoms with Crippen LogP contribution in [0.5, 0.6) is 0 Å². The molecule has 4 rings (SSSR count). The number of amides is 2. The van der Waals surface area contributed by atoms with Crippen LogP contribution >= 0.6 is 0 Å². The molecular formula is C22H28N2O6. The van der Waals surface area contributed by atoms with Gasteiger partial charge in [-0.25, -0.2) is 0 Å². The zero-order valence-electron chi connectivity index (χ0n) is 17.5. The smallest absolute Gasteiger partial charge is 0.312 e.